The van der Waals surface area contributed by atoms with E-state index in [1.165, 1.54) is 6.92 Å². The van der Waals surface area contributed by atoms with Crippen molar-refractivity contribution in [3.8, 4) is 17.6 Å². The lowest BCUT2D eigenvalue weighted by Gasteiger charge is -2.15. The van der Waals surface area contributed by atoms with Crippen LogP contribution in [-0.2, 0) is 4.79 Å². The predicted molar refractivity (Wildman–Crippen MR) is 63.1 cm³/mol. The molecule has 0 saturated heterocycles. The van der Waals surface area contributed by atoms with E-state index < -0.39 is 6.10 Å². The van der Waals surface area contributed by atoms with E-state index in [0.29, 0.717) is 23.7 Å². The molecule has 1 aromatic rings. The molecule has 1 aromatic carbocycles. The molecule has 4 nitrogen and oxygen atoms in total. The van der Waals surface area contributed by atoms with E-state index in [-0.39, 0.29) is 5.78 Å². The van der Waals surface area contributed by atoms with Gasteiger partial charge in [-0.1, -0.05) is 0 Å². The minimum Gasteiger partial charge on any atom is -0.490 e. The van der Waals surface area contributed by atoms with Gasteiger partial charge < -0.3 is 9.47 Å². The molecule has 0 amide bonds. The first-order valence-electron chi connectivity index (χ1n) is 5.42. The van der Waals surface area contributed by atoms with Crippen LogP contribution in [-0.4, -0.2) is 18.5 Å². The number of ketones is 1. The smallest absolute Gasteiger partial charge is 0.169 e. The highest BCUT2D eigenvalue weighted by atomic mass is 16.5. The quantitative estimate of drug-likeness (QED) is 0.783. The van der Waals surface area contributed by atoms with Crippen molar-refractivity contribution in [2.45, 2.75) is 26.9 Å². The summed E-state index contributed by atoms with van der Waals surface area (Å²) in [7, 11) is 0. The van der Waals surface area contributed by atoms with Gasteiger partial charge in [0.2, 0.25) is 0 Å². The Hall–Kier alpha value is -2.02. The number of nitrogens with zero attached hydrogens (tertiary/aromatic N) is 1. The monoisotopic (exact) mass is 233 g/mol. The van der Waals surface area contributed by atoms with Crippen LogP contribution in [0.1, 0.15) is 26.3 Å². The molecule has 0 fully saturated rings. The molecule has 4 heteroatoms. The SMILES string of the molecule is CCOc1cc(C#N)ccc1OC(C)C(C)=O. The van der Waals surface area contributed by atoms with Gasteiger partial charge in [-0.2, -0.15) is 5.26 Å². The van der Waals surface area contributed by atoms with Crippen LogP contribution >= 0.6 is 0 Å². The summed E-state index contributed by atoms with van der Waals surface area (Å²) >= 11 is 0. The third-order valence-corrected chi connectivity index (χ3v) is 2.25. The zero-order valence-corrected chi connectivity index (χ0v) is 10.2. The molecule has 0 N–H and O–H groups in total. The van der Waals surface area contributed by atoms with Crippen LogP contribution in [0.3, 0.4) is 0 Å². The summed E-state index contributed by atoms with van der Waals surface area (Å²) in [5.41, 5.74) is 0.497. The first-order chi connectivity index (χ1) is 8.08. The van der Waals surface area contributed by atoms with Gasteiger partial charge in [-0.25, -0.2) is 0 Å². The van der Waals surface area contributed by atoms with Gasteiger partial charge in [0.05, 0.1) is 18.2 Å². The lowest BCUT2D eigenvalue weighted by molar-refractivity contribution is -0.122. The molecule has 1 unspecified atom stereocenters. The molecule has 0 aromatic heterocycles. The number of Topliss-reactive ketones (excluding diaryl/α,β-unsaturated/α-hetero) is 1. The summed E-state index contributed by atoms with van der Waals surface area (Å²) in [5.74, 6) is 0.907. The molecule has 0 bridgehead atoms. The van der Waals surface area contributed by atoms with Gasteiger partial charge in [-0.3, -0.25) is 4.79 Å². The number of hydrogen-bond donors (Lipinski definition) is 0. The summed E-state index contributed by atoms with van der Waals surface area (Å²) in [6.07, 6.45) is -0.526. The highest BCUT2D eigenvalue weighted by molar-refractivity contribution is 5.80. The Morgan fingerprint density at radius 2 is 2.18 bits per heavy atom. The van der Waals surface area contributed by atoms with Gasteiger partial charge in [0, 0.05) is 6.07 Å². The second-order valence-corrected chi connectivity index (χ2v) is 3.58. The van der Waals surface area contributed by atoms with E-state index in [1.54, 1.807) is 25.1 Å². The zero-order chi connectivity index (χ0) is 12.8. The van der Waals surface area contributed by atoms with Crippen molar-refractivity contribution in [2.75, 3.05) is 6.61 Å². The maximum Gasteiger partial charge on any atom is 0.169 e. The third kappa shape index (κ3) is 3.49. The van der Waals surface area contributed by atoms with Crippen LogP contribution in [0.2, 0.25) is 0 Å². The lowest BCUT2D eigenvalue weighted by Crippen LogP contribution is -2.21. The van der Waals surface area contributed by atoms with Crippen LogP contribution in [0.5, 0.6) is 11.5 Å². The van der Waals surface area contributed by atoms with Gasteiger partial charge in [0.25, 0.3) is 0 Å². The Labute approximate surface area is 101 Å². The molecule has 1 rings (SSSR count). The van der Waals surface area contributed by atoms with Crippen molar-refractivity contribution < 1.29 is 14.3 Å². The summed E-state index contributed by atoms with van der Waals surface area (Å²) in [4.78, 5) is 11.1. The lowest BCUT2D eigenvalue weighted by atomic mass is 10.2. The van der Waals surface area contributed by atoms with E-state index in [0.717, 1.165) is 0 Å². The van der Waals surface area contributed by atoms with Crippen molar-refractivity contribution in [2.24, 2.45) is 0 Å². The maximum absolute atomic E-state index is 11.1. The van der Waals surface area contributed by atoms with Crippen LogP contribution in [0.25, 0.3) is 0 Å². The summed E-state index contributed by atoms with van der Waals surface area (Å²) in [6, 6.07) is 6.90. The average Bonchev–Trinajstić information content (AvgIpc) is 2.31. The molecule has 0 aliphatic heterocycles. The highest BCUT2D eigenvalue weighted by Crippen LogP contribution is 2.29. The number of nitriles is 1. The highest BCUT2D eigenvalue weighted by Gasteiger charge is 2.13. The molecule has 0 aliphatic rings. The molecular weight excluding hydrogens is 218 g/mol. The fraction of sp³-hybridized carbons (Fsp3) is 0.385. The fourth-order valence-electron chi connectivity index (χ4n) is 1.22. The van der Waals surface area contributed by atoms with E-state index in [2.05, 4.69) is 0 Å². The van der Waals surface area contributed by atoms with E-state index in [9.17, 15) is 4.79 Å². The number of carbonyl (C=O) groups is 1. The average molecular weight is 233 g/mol. The second-order valence-electron chi connectivity index (χ2n) is 3.58. The standard InChI is InChI=1S/C13H15NO3/c1-4-16-13-7-11(8-14)5-6-12(13)17-10(3)9(2)15/h5-7,10H,4H2,1-3H3. The first kappa shape index (κ1) is 13.0. The van der Waals surface area contributed by atoms with Crippen molar-refractivity contribution in [3.63, 3.8) is 0 Å². The number of ether oxygens (including phenoxy) is 2. The molecule has 0 saturated carbocycles. The Bertz CT molecular complexity index is 448. The number of carbonyl (C=O) groups excluding carboxylic acids is 1. The van der Waals surface area contributed by atoms with Crippen molar-refractivity contribution >= 4 is 5.78 Å². The van der Waals surface area contributed by atoms with E-state index in [1.807, 2.05) is 13.0 Å². The van der Waals surface area contributed by atoms with Gasteiger partial charge in [-0.05, 0) is 32.9 Å². The fourth-order valence-corrected chi connectivity index (χ4v) is 1.22. The zero-order valence-electron chi connectivity index (χ0n) is 10.2. The van der Waals surface area contributed by atoms with Crippen molar-refractivity contribution in [3.05, 3.63) is 23.8 Å². The molecule has 0 radical (unpaired) electrons. The largest absolute Gasteiger partial charge is 0.490 e. The van der Waals surface area contributed by atoms with Crippen molar-refractivity contribution in [1.82, 2.24) is 0 Å². The summed E-state index contributed by atoms with van der Waals surface area (Å²) in [5, 5.41) is 8.79. The molecule has 0 spiro atoms. The predicted octanol–water partition coefficient (Wildman–Crippen LogP) is 2.31. The Morgan fingerprint density at radius 3 is 2.71 bits per heavy atom. The minimum atomic E-state index is -0.526. The number of benzene rings is 1. The first-order valence-corrected chi connectivity index (χ1v) is 5.42. The normalized spacial score (nSPS) is 11.4. The minimum absolute atomic E-state index is 0.0585. The van der Waals surface area contributed by atoms with E-state index in [4.69, 9.17) is 14.7 Å². The molecule has 0 heterocycles. The van der Waals surface area contributed by atoms with E-state index >= 15 is 0 Å². The van der Waals surface area contributed by atoms with Crippen LogP contribution < -0.4 is 9.47 Å². The van der Waals surface area contributed by atoms with Gasteiger partial charge in [-0.15, -0.1) is 0 Å². The topological polar surface area (TPSA) is 59.3 Å². The Morgan fingerprint density at radius 1 is 1.47 bits per heavy atom. The molecule has 90 valence electrons. The summed E-state index contributed by atoms with van der Waals surface area (Å²) < 4.78 is 10.8. The Balaban J connectivity index is 2.98. The van der Waals surface area contributed by atoms with Gasteiger partial charge in [0.15, 0.2) is 23.4 Å². The molecule has 17 heavy (non-hydrogen) atoms. The van der Waals surface area contributed by atoms with Crippen LogP contribution in [0, 0.1) is 11.3 Å². The maximum atomic E-state index is 11.1. The van der Waals surface area contributed by atoms with Crippen LogP contribution in [0.15, 0.2) is 18.2 Å². The third-order valence-electron chi connectivity index (χ3n) is 2.25. The van der Waals surface area contributed by atoms with Gasteiger partial charge >= 0.3 is 0 Å². The molecule has 0 aliphatic carbocycles. The molecule has 1 atom stereocenters. The Kier molecular flexibility index (Phi) is 4.53. The summed E-state index contributed by atoms with van der Waals surface area (Å²) in [6.45, 7) is 5.46. The van der Waals surface area contributed by atoms with Gasteiger partial charge in [0.1, 0.15) is 0 Å². The number of hydrogen-bond acceptors (Lipinski definition) is 4. The second kappa shape index (κ2) is 5.90. The molecular formula is C13H15NO3. The van der Waals surface area contributed by atoms with Crippen LogP contribution in [0.4, 0.5) is 0 Å². The number of rotatable bonds is 5. The van der Waals surface area contributed by atoms with Crippen molar-refractivity contribution in [1.29, 1.82) is 5.26 Å².